The second-order valence-corrected chi connectivity index (χ2v) is 5.13. The number of rotatable bonds is 7. The van der Waals surface area contributed by atoms with Gasteiger partial charge in [0, 0.05) is 18.2 Å². The quantitative estimate of drug-likeness (QED) is 0.717. The van der Waals surface area contributed by atoms with Crippen molar-refractivity contribution >= 4 is 17.5 Å². The first-order valence-corrected chi connectivity index (χ1v) is 6.71. The predicted octanol–water partition coefficient (Wildman–Crippen LogP) is 1.90. The number of halogens is 1. The van der Waals surface area contributed by atoms with Gasteiger partial charge in [0.1, 0.15) is 0 Å². The van der Waals surface area contributed by atoms with Crippen LogP contribution < -0.4 is 5.32 Å². The van der Waals surface area contributed by atoms with E-state index in [1.807, 2.05) is 6.92 Å². The average Bonchev–Trinajstić information content (AvgIpc) is 2.37. The molecular formula is C14H20ClNO3. The van der Waals surface area contributed by atoms with Gasteiger partial charge in [-0.15, -0.1) is 0 Å². The van der Waals surface area contributed by atoms with E-state index >= 15 is 0 Å². The third-order valence-electron chi connectivity index (χ3n) is 2.90. The van der Waals surface area contributed by atoms with Gasteiger partial charge >= 0.3 is 0 Å². The van der Waals surface area contributed by atoms with Crippen LogP contribution >= 0.6 is 11.6 Å². The first kappa shape index (κ1) is 16.0. The first-order valence-electron chi connectivity index (χ1n) is 6.34. The van der Waals surface area contributed by atoms with E-state index in [-0.39, 0.29) is 24.9 Å². The molecule has 3 N–H and O–H groups in total. The summed E-state index contributed by atoms with van der Waals surface area (Å²) in [5.74, 6) is 0.0221. The van der Waals surface area contributed by atoms with E-state index in [4.69, 9.17) is 16.7 Å². The molecule has 1 aromatic carbocycles. The lowest BCUT2D eigenvalue weighted by atomic mass is 10.1. The fourth-order valence-corrected chi connectivity index (χ4v) is 1.79. The molecule has 2 unspecified atom stereocenters. The van der Waals surface area contributed by atoms with E-state index in [1.165, 1.54) is 0 Å². The molecule has 19 heavy (non-hydrogen) atoms. The van der Waals surface area contributed by atoms with Crippen molar-refractivity contribution in [3.63, 3.8) is 0 Å². The molecule has 0 saturated heterocycles. The highest BCUT2D eigenvalue weighted by atomic mass is 35.5. The molecule has 0 aliphatic carbocycles. The van der Waals surface area contributed by atoms with E-state index < -0.39 is 6.10 Å². The Bertz CT molecular complexity index is 394. The molecule has 2 atom stereocenters. The summed E-state index contributed by atoms with van der Waals surface area (Å²) in [5, 5.41) is 22.0. The number of benzene rings is 1. The maximum Gasteiger partial charge on any atom is 0.222 e. The summed E-state index contributed by atoms with van der Waals surface area (Å²) in [7, 11) is 0. The highest BCUT2D eigenvalue weighted by Gasteiger charge is 2.13. The van der Waals surface area contributed by atoms with Crippen LogP contribution in [0.4, 0.5) is 0 Å². The standard InChI is InChI=1S/C14H20ClNO3/c1-10(6-7-17)9-16-14(19)8-13(18)11-2-4-12(15)5-3-11/h2-5,10,13,17-18H,6-9H2,1H3,(H,16,19). The Morgan fingerprint density at radius 1 is 1.37 bits per heavy atom. The number of aliphatic hydroxyl groups excluding tert-OH is 2. The number of amides is 1. The predicted molar refractivity (Wildman–Crippen MR) is 74.9 cm³/mol. The van der Waals surface area contributed by atoms with Gasteiger partial charge in [-0.1, -0.05) is 30.7 Å². The fraction of sp³-hybridized carbons (Fsp3) is 0.500. The van der Waals surface area contributed by atoms with Crippen LogP contribution in [0.15, 0.2) is 24.3 Å². The average molecular weight is 286 g/mol. The van der Waals surface area contributed by atoms with Crippen LogP contribution in [-0.4, -0.2) is 29.3 Å². The van der Waals surface area contributed by atoms with E-state index in [0.717, 1.165) is 0 Å². The molecule has 0 heterocycles. The lowest BCUT2D eigenvalue weighted by Crippen LogP contribution is -2.29. The van der Waals surface area contributed by atoms with Crippen molar-refractivity contribution in [2.45, 2.75) is 25.9 Å². The van der Waals surface area contributed by atoms with Crippen LogP contribution in [0.3, 0.4) is 0 Å². The van der Waals surface area contributed by atoms with Gasteiger partial charge in [0.15, 0.2) is 0 Å². The summed E-state index contributed by atoms with van der Waals surface area (Å²) >= 11 is 5.76. The first-order chi connectivity index (χ1) is 9.02. The van der Waals surface area contributed by atoms with Gasteiger partial charge in [-0.3, -0.25) is 4.79 Å². The lowest BCUT2D eigenvalue weighted by Gasteiger charge is -2.14. The largest absolute Gasteiger partial charge is 0.396 e. The molecule has 1 aromatic rings. The molecule has 4 nitrogen and oxygen atoms in total. The van der Waals surface area contributed by atoms with Crippen molar-refractivity contribution in [2.75, 3.05) is 13.2 Å². The second-order valence-electron chi connectivity index (χ2n) is 4.69. The van der Waals surface area contributed by atoms with Gasteiger partial charge in [0.25, 0.3) is 0 Å². The van der Waals surface area contributed by atoms with Crippen LogP contribution in [0.25, 0.3) is 0 Å². The third kappa shape index (κ3) is 6.05. The Balaban J connectivity index is 2.37. The molecule has 5 heteroatoms. The van der Waals surface area contributed by atoms with E-state index in [0.29, 0.717) is 23.6 Å². The third-order valence-corrected chi connectivity index (χ3v) is 3.16. The van der Waals surface area contributed by atoms with Crippen molar-refractivity contribution in [3.8, 4) is 0 Å². The molecule has 0 bridgehead atoms. The molecule has 0 spiro atoms. The number of hydrogen-bond donors (Lipinski definition) is 3. The van der Waals surface area contributed by atoms with E-state index in [9.17, 15) is 9.90 Å². The van der Waals surface area contributed by atoms with Gasteiger partial charge in [-0.05, 0) is 30.0 Å². The zero-order chi connectivity index (χ0) is 14.3. The van der Waals surface area contributed by atoms with Crippen LogP contribution in [0.1, 0.15) is 31.4 Å². The Kier molecular flexibility index (Phi) is 6.84. The molecule has 0 aliphatic heterocycles. The molecule has 0 saturated carbocycles. The van der Waals surface area contributed by atoms with Crippen molar-refractivity contribution in [3.05, 3.63) is 34.9 Å². The molecule has 106 valence electrons. The summed E-state index contributed by atoms with van der Waals surface area (Å²) < 4.78 is 0. The van der Waals surface area contributed by atoms with Crippen molar-refractivity contribution in [2.24, 2.45) is 5.92 Å². The Labute approximate surface area is 118 Å². The minimum absolute atomic E-state index is 0.0213. The van der Waals surface area contributed by atoms with Gasteiger partial charge in [0.05, 0.1) is 12.5 Å². The van der Waals surface area contributed by atoms with Crippen molar-refractivity contribution in [1.29, 1.82) is 0 Å². The summed E-state index contributed by atoms with van der Waals surface area (Å²) in [5.41, 5.74) is 0.669. The number of aliphatic hydroxyl groups is 2. The molecule has 1 amide bonds. The smallest absolute Gasteiger partial charge is 0.222 e. The van der Waals surface area contributed by atoms with Crippen LogP contribution in [0, 0.1) is 5.92 Å². The minimum Gasteiger partial charge on any atom is -0.396 e. The fourth-order valence-electron chi connectivity index (χ4n) is 1.66. The molecule has 0 aliphatic rings. The number of carbonyl (C=O) groups is 1. The van der Waals surface area contributed by atoms with Crippen LogP contribution in [-0.2, 0) is 4.79 Å². The zero-order valence-electron chi connectivity index (χ0n) is 11.0. The summed E-state index contributed by atoms with van der Waals surface area (Å²) in [6.45, 7) is 2.57. The topological polar surface area (TPSA) is 69.6 Å². The van der Waals surface area contributed by atoms with Crippen LogP contribution in [0.2, 0.25) is 5.02 Å². The maximum atomic E-state index is 11.6. The molecule has 0 fully saturated rings. The summed E-state index contributed by atoms with van der Waals surface area (Å²) in [6.07, 6.45) is -0.154. The highest BCUT2D eigenvalue weighted by Crippen LogP contribution is 2.18. The number of carbonyl (C=O) groups excluding carboxylic acids is 1. The van der Waals surface area contributed by atoms with E-state index in [2.05, 4.69) is 5.32 Å². The molecule has 1 rings (SSSR count). The second kappa shape index (κ2) is 8.15. The molecule has 0 radical (unpaired) electrons. The van der Waals surface area contributed by atoms with Gasteiger partial charge in [0.2, 0.25) is 5.91 Å². The van der Waals surface area contributed by atoms with Gasteiger partial charge < -0.3 is 15.5 Å². The number of nitrogens with one attached hydrogen (secondary N) is 1. The SMILES string of the molecule is CC(CCO)CNC(=O)CC(O)c1ccc(Cl)cc1. The minimum atomic E-state index is -0.828. The van der Waals surface area contributed by atoms with Gasteiger partial charge in [-0.2, -0.15) is 0 Å². The lowest BCUT2D eigenvalue weighted by molar-refractivity contribution is -0.123. The van der Waals surface area contributed by atoms with Crippen molar-refractivity contribution in [1.82, 2.24) is 5.32 Å². The monoisotopic (exact) mass is 285 g/mol. The normalized spacial score (nSPS) is 13.9. The Morgan fingerprint density at radius 2 is 2.00 bits per heavy atom. The highest BCUT2D eigenvalue weighted by molar-refractivity contribution is 6.30. The maximum absolute atomic E-state index is 11.6. The summed E-state index contributed by atoms with van der Waals surface area (Å²) in [6, 6.07) is 6.77. The van der Waals surface area contributed by atoms with Crippen molar-refractivity contribution < 1.29 is 15.0 Å². The Morgan fingerprint density at radius 3 is 2.58 bits per heavy atom. The molecular weight excluding hydrogens is 266 g/mol. The van der Waals surface area contributed by atoms with Gasteiger partial charge in [-0.25, -0.2) is 0 Å². The zero-order valence-corrected chi connectivity index (χ0v) is 11.7. The number of hydrogen-bond acceptors (Lipinski definition) is 3. The Hall–Kier alpha value is -1.10. The molecule has 0 aromatic heterocycles. The van der Waals surface area contributed by atoms with E-state index in [1.54, 1.807) is 24.3 Å². The van der Waals surface area contributed by atoms with Crippen LogP contribution in [0.5, 0.6) is 0 Å². The summed E-state index contributed by atoms with van der Waals surface area (Å²) in [4.78, 5) is 11.6.